The number of imidazole rings is 1. The third-order valence-corrected chi connectivity index (χ3v) is 5.97. The van der Waals surface area contributed by atoms with Crippen molar-refractivity contribution in [1.29, 1.82) is 0 Å². The van der Waals surface area contributed by atoms with Gasteiger partial charge in [0.1, 0.15) is 5.75 Å². The predicted molar refractivity (Wildman–Crippen MR) is 116 cm³/mol. The number of nitrogens with zero attached hydrogens (tertiary/aromatic N) is 2. The summed E-state index contributed by atoms with van der Waals surface area (Å²) < 4.78 is 59.3. The van der Waals surface area contributed by atoms with Crippen LogP contribution in [0.3, 0.4) is 0 Å². The van der Waals surface area contributed by atoms with Crippen LogP contribution in [-0.2, 0) is 0 Å². The van der Waals surface area contributed by atoms with Crippen molar-refractivity contribution in [2.75, 3.05) is 0 Å². The Labute approximate surface area is 187 Å². The van der Waals surface area contributed by atoms with E-state index in [1.165, 1.54) is 27.3 Å². The third-order valence-electron chi connectivity index (χ3n) is 5.97. The summed E-state index contributed by atoms with van der Waals surface area (Å²) in [5.74, 6) is -3.08. The molecule has 33 heavy (non-hydrogen) atoms. The van der Waals surface area contributed by atoms with Gasteiger partial charge in [0.05, 0.1) is 16.7 Å². The maximum absolute atomic E-state index is 13.3. The lowest BCUT2D eigenvalue weighted by Crippen LogP contribution is -2.45. The lowest BCUT2D eigenvalue weighted by atomic mass is 9.64. The lowest BCUT2D eigenvalue weighted by molar-refractivity contribution is -0.152. The Morgan fingerprint density at radius 3 is 2.39 bits per heavy atom. The van der Waals surface area contributed by atoms with Gasteiger partial charge >= 0.3 is 12.3 Å². The molecule has 0 N–H and O–H groups in total. The first-order valence-corrected chi connectivity index (χ1v) is 10.6. The number of rotatable bonds is 7. The van der Waals surface area contributed by atoms with Crippen LogP contribution in [-0.4, -0.2) is 27.5 Å². The molecule has 9 heteroatoms. The zero-order valence-corrected chi connectivity index (χ0v) is 18.4. The monoisotopic (exact) mass is 464 g/mol. The number of halogens is 4. The van der Waals surface area contributed by atoms with E-state index in [0.717, 1.165) is 0 Å². The number of hydrogen-bond donors (Lipinski definition) is 0. The van der Waals surface area contributed by atoms with Gasteiger partial charge in [0, 0.05) is 36.9 Å². The minimum atomic E-state index is -3.00. The highest BCUT2D eigenvalue weighted by atomic mass is 19.3. The highest BCUT2D eigenvalue weighted by molar-refractivity contribution is 5.99. The van der Waals surface area contributed by atoms with E-state index in [-0.39, 0.29) is 36.8 Å². The Balaban J connectivity index is 1.76. The Hall–Kier alpha value is -3.10. The molecule has 0 amide bonds. The zero-order valence-electron chi connectivity index (χ0n) is 18.4. The smallest absolute Gasteiger partial charge is 0.387 e. The lowest BCUT2D eigenvalue weighted by Gasteiger charge is -2.44. The van der Waals surface area contributed by atoms with Crippen LogP contribution in [0.2, 0.25) is 0 Å². The van der Waals surface area contributed by atoms with Crippen LogP contribution >= 0.6 is 0 Å². The number of fused-ring (bicyclic) bond motifs is 1. The molecule has 0 bridgehead atoms. The van der Waals surface area contributed by atoms with Crippen LogP contribution < -0.4 is 10.4 Å². The molecule has 4 rings (SSSR count). The van der Waals surface area contributed by atoms with E-state index in [1.54, 1.807) is 31.2 Å². The maximum Gasteiger partial charge on any atom is 0.387 e. The quantitative estimate of drug-likeness (QED) is 0.319. The molecule has 0 radical (unpaired) electrons. The molecule has 0 unspecified atom stereocenters. The van der Waals surface area contributed by atoms with Gasteiger partial charge in [0.25, 0.3) is 0 Å². The second kappa shape index (κ2) is 8.04. The van der Waals surface area contributed by atoms with Gasteiger partial charge < -0.3 is 4.74 Å². The average Bonchev–Trinajstić information content (AvgIpc) is 2.96. The third kappa shape index (κ3) is 4.41. The minimum Gasteiger partial charge on any atom is -0.435 e. The Bertz CT molecular complexity index is 1270. The van der Waals surface area contributed by atoms with Crippen molar-refractivity contribution in [2.24, 2.45) is 5.41 Å². The molecular formula is C24H24F4N2O3. The molecule has 0 atom stereocenters. The summed E-state index contributed by atoms with van der Waals surface area (Å²) >= 11 is 0. The summed E-state index contributed by atoms with van der Waals surface area (Å²) in [6, 6.07) is 10.3. The molecule has 176 valence electrons. The number of ketones is 1. The summed E-state index contributed by atoms with van der Waals surface area (Å²) in [4.78, 5) is 26.1. The largest absolute Gasteiger partial charge is 0.435 e. The number of carbonyl (C=O) groups is 1. The number of alkyl halides is 4. The molecule has 1 saturated carbocycles. The first-order valence-electron chi connectivity index (χ1n) is 10.6. The summed E-state index contributed by atoms with van der Waals surface area (Å²) in [5, 5.41) is 0. The van der Waals surface area contributed by atoms with E-state index in [9.17, 15) is 27.2 Å². The Morgan fingerprint density at radius 1 is 1.09 bits per heavy atom. The zero-order chi connectivity index (χ0) is 24.1. The van der Waals surface area contributed by atoms with Crippen LogP contribution in [0.1, 0.15) is 56.4 Å². The predicted octanol–water partition coefficient (Wildman–Crippen LogP) is 5.98. The van der Waals surface area contributed by atoms with Crippen LogP contribution in [0, 0.1) is 5.41 Å². The van der Waals surface area contributed by atoms with Gasteiger partial charge in [-0.25, -0.2) is 13.6 Å². The maximum atomic E-state index is 13.3. The van der Waals surface area contributed by atoms with Gasteiger partial charge in [-0.05, 0) is 49.6 Å². The number of carbonyl (C=O) groups excluding carboxylic acids is 1. The minimum absolute atomic E-state index is 0.00622. The number of Topliss-reactive ketones (excluding diaryl/α,β-unsaturated/α-hetero) is 1. The van der Waals surface area contributed by atoms with Crippen molar-refractivity contribution in [2.45, 2.75) is 58.6 Å². The molecule has 5 nitrogen and oxygen atoms in total. The summed E-state index contributed by atoms with van der Waals surface area (Å²) in [6.07, 6.45) is -0.649. The van der Waals surface area contributed by atoms with E-state index in [0.29, 0.717) is 22.3 Å². The molecule has 1 aliphatic rings. The van der Waals surface area contributed by atoms with Crippen molar-refractivity contribution in [3.05, 3.63) is 58.5 Å². The highest BCUT2D eigenvalue weighted by Crippen LogP contribution is 2.54. The standard InChI is InChI=1S/C24H24F4N2O3/c1-14(2)29-19-9-15(20(31)11-23(3)12-24(27,28)13-23)7-8-18(19)30(22(29)32)16-5-4-6-17(10-16)33-21(25)26/h4-10,14,21H,11-13H2,1-3H3. The molecule has 1 heterocycles. The Kier molecular flexibility index (Phi) is 5.62. The molecule has 1 aromatic heterocycles. The van der Waals surface area contributed by atoms with Crippen LogP contribution in [0.15, 0.2) is 47.3 Å². The van der Waals surface area contributed by atoms with Gasteiger partial charge in [-0.3, -0.25) is 13.9 Å². The van der Waals surface area contributed by atoms with Gasteiger partial charge in [-0.2, -0.15) is 8.78 Å². The second-order valence-electron chi connectivity index (χ2n) is 9.28. The summed E-state index contributed by atoms with van der Waals surface area (Å²) in [7, 11) is 0. The normalized spacial score (nSPS) is 16.9. The number of hydrogen-bond acceptors (Lipinski definition) is 3. The van der Waals surface area contributed by atoms with Gasteiger partial charge in [-0.1, -0.05) is 13.0 Å². The molecule has 2 aromatic carbocycles. The van der Waals surface area contributed by atoms with Crippen LogP contribution in [0.25, 0.3) is 16.7 Å². The van der Waals surface area contributed by atoms with Gasteiger partial charge in [0.15, 0.2) is 5.78 Å². The van der Waals surface area contributed by atoms with E-state index < -0.39 is 23.6 Å². The molecule has 0 aliphatic heterocycles. The van der Waals surface area contributed by atoms with Crippen molar-refractivity contribution >= 4 is 16.8 Å². The van der Waals surface area contributed by atoms with Gasteiger partial charge in [-0.15, -0.1) is 0 Å². The first-order chi connectivity index (χ1) is 15.4. The fraction of sp³-hybridized carbons (Fsp3) is 0.417. The van der Waals surface area contributed by atoms with E-state index >= 15 is 0 Å². The SMILES string of the molecule is CC(C)n1c(=O)n(-c2cccc(OC(F)F)c2)c2ccc(C(=O)CC3(C)CC(F)(F)C3)cc21. The van der Waals surface area contributed by atoms with Gasteiger partial charge in [0.2, 0.25) is 5.92 Å². The molecule has 1 aliphatic carbocycles. The van der Waals surface area contributed by atoms with E-state index in [2.05, 4.69) is 4.74 Å². The van der Waals surface area contributed by atoms with E-state index in [4.69, 9.17) is 0 Å². The fourth-order valence-electron chi connectivity index (χ4n) is 4.75. The fourth-order valence-corrected chi connectivity index (χ4v) is 4.75. The highest BCUT2D eigenvalue weighted by Gasteiger charge is 2.54. The van der Waals surface area contributed by atoms with Crippen LogP contribution in [0.4, 0.5) is 17.6 Å². The topological polar surface area (TPSA) is 53.2 Å². The van der Waals surface area contributed by atoms with Crippen molar-refractivity contribution in [3.63, 3.8) is 0 Å². The van der Waals surface area contributed by atoms with Crippen molar-refractivity contribution < 1.29 is 27.1 Å². The van der Waals surface area contributed by atoms with Crippen LogP contribution in [0.5, 0.6) is 5.75 Å². The number of aromatic nitrogens is 2. The van der Waals surface area contributed by atoms with Crippen molar-refractivity contribution in [1.82, 2.24) is 9.13 Å². The summed E-state index contributed by atoms with van der Waals surface area (Å²) in [6.45, 7) is 2.30. The molecule has 0 saturated heterocycles. The number of ether oxygens (including phenoxy) is 1. The van der Waals surface area contributed by atoms with E-state index in [1.807, 2.05) is 13.8 Å². The number of benzene rings is 2. The average molecular weight is 464 g/mol. The van der Waals surface area contributed by atoms with Crippen molar-refractivity contribution in [3.8, 4) is 11.4 Å². The molecular weight excluding hydrogens is 440 g/mol. The molecule has 0 spiro atoms. The summed E-state index contributed by atoms with van der Waals surface area (Å²) in [5.41, 5.74) is 0.506. The molecule has 3 aromatic rings. The second-order valence-corrected chi connectivity index (χ2v) is 9.28. The Morgan fingerprint density at radius 2 is 1.79 bits per heavy atom. The molecule has 1 fully saturated rings. The first kappa shape index (κ1) is 23.1.